The number of carboxylic acids is 2. The van der Waals surface area contributed by atoms with E-state index in [1.807, 2.05) is 6.92 Å². The standard InChI is InChI=1S/C24H19N7O6/c1-12-6-17(19(28-25)10-26-13-2-4-15(23(34)35)21(32)8-13)27-18(7-12)20-11-31(30-29-20)14-3-5-16(24(36)37)22(33)9-14/h2-11,32-33H,25H2,1H3,(H,34,35)(H,36,37). The molecule has 0 unspecified atom stereocenters. The number of nitrogens with two attached hydrogens (primary N) is 1. The smallest absolute Gasteiger partial charge is 0.339 e. The normalized spacial score (nSPS) is 11.6. The lowest BCUT2D eigenvalue weighted by molar-refractivity contribution is 0.0682. The largest absolute Gasteiger partial charge is 0.507 e. The van der Waals surface area contributed by atoms with E-state index in [0.29, 0.717) is 22.8 Å². The van der Waals surface area contributed by atoms with Crippen LogP contribution in [0.15, 0.2) is 64.8 Å². The van der Waals surface area contributed by atoms with E-state index in [9.17, 15) is 19.8 Å². The Morgan fingerprint density at radius 1 is 0.946 bits per heavy atom. The van der Waals surface area contributed by atoms with Gasteiger partial charge in [0.25, 0.3) is 0 Å². The minimum Gasteiger partial charge on any atom is -0.507 e. The number of pyridine rings is 1. The molecule has 0 saturated heterocycles. The van der Waals surface area contributed by atoms with Crippen LogP contribution in [-0.2, 0) is 0 Å². The van der Waals surface area contributed by atoms with Crippen molar-refractivity contribution in [1.29, 1.82) is 0 Å². The van der Waals surface area contributed by atoms with Crippen molar-refractivity contribution in [3.63, 3.8) is 0 Å². The van der Waals surface area contributed by atoms with E-state index in [0.717, 1.165) is 5.56 Å². The molecule has 0 atom stereocenters. The summed E-state index contributed by atoms with van der Waals surface area (Å²) < 4.78 is 1.36. The van der Waals surface area contributed by atoms with Gasteiger partial charge in [-0.05, 0) is 48.9 Å². The molecule has 37 heavy (non-hydrogen) atoms. The van der Waals surface area contributed by atoms with E-state index in [1.165, 1.54) is 47.3 Å². The van der Waals surface area contributed by atoms with Crippen LogP contribution in [0.5, 0.6) is 11.5 Å². The Kier molecular flexibility index (Phi) is 6.60. The van der Waals surface area contributed by atoms with Crippen LogP contribution in [0.2, 0.25) is 0 Å². The number of carbonyl (C=O) groups is 2. The average molecular weight is 501 g/mol. The Bertz CT molecular complexity index is 1590. The van der Waals surface area contributed by atoms with Crippen molar-refractivity contribution >= 4 is 29.6 Å². The predicted octanol–water partition coefficient (Wildman–Crippen LogP) is 2.51. The van der Waals surface area contributed by atoms with Gasteiger partial charge in [-0.1, -0.05) is 5.21 Å². The molecule has 0 spiro atoms. The van der Waals surface area contributed by atoms with Crippen LogP contribution in [-0.4, -0.2) is 64.3 Å². The Morgan fingerprint density at radius 2 is 1.62 bits per heavy atom. The number of aryl methyl sites for hydroxylation is 1. The van der Waals surface area contributed by atoms with Gasteiger partial charge in [0, 0.05) is 12.1 Å². The van der Waals surface area contributed by atoms with Crippen LogP contribution in [0.4, 0.5) is 5.69 Å². The second-order valence-electron chi connectivity index (χ2n) is 7.75. The third kappa shape index (κ3) is 5.24. The number of nitrogens with zero attached hydrogens (tertiary/aromatic N) is 6. The molecule has 2 aromatic heterocycles. The summed E-state index contributed by atoms with van der Waals surface area (Å²) in [6, 6.07) is 11.3. The lowest BCUT2D eigenvalue weighted by atomic mass is 10.1. The molecule has 0 fully saturated rings. The summed E-state index contributed by atoms with van der Waals surface area (Å²) in [5.74, 6) is 2.20. The van der Waals surface area contributed by atoms with Gasteiger partial charge >= 0.3 is 11.9 Å². The molecule has 4 aromatic rings. The number of aromatic carboxylic acids is 2. The number of aliphatic imine (C=N–C) groups is 1. The summed E-state index contributed by atoms with van der Waals surface area (Å²) in [6.45, 7) is 1.83. The Hall–Kier alpha value is -5.59. The van der Waals surface area contributed by atoms with Gasteiger partial charge in [-0.25, -0.2) is 19.3 Å². The van der Waals surface area contributed by atoms with E-state index in [4.69, 9.17) is 16.1 Å². The Morgan fingerprint density at radius 3 is 2.24 bits per heavy atom. The molecule has 2 aromatic carbocycles. The van der Waals surface area contributed by atoms with Gasteiger partial charge in [0.05, 0.1) is 35.2 Å². The summed E-state index contributed by atoms with van der Waals surface area (Å²) in [5, 5.41) is 49.8. The summed E-state index contributed by atoms with van der Waals surface area (Å²) in [5.41, 5.74) is 2.37. The highest BCUT2D eigenvalue weighted by Gasteiger charge is 2.14. The fourth-order valence-electron chi connectivity index (χ4n) is 3.36. The molecular formula is C24H19N7O6. The Labute approximate surface area is 208 Å². The molecule has 0 radical (unpaired) electrons. The van der Waals surface area contributed by atoms with E-state index in [-0.39, 0.29) is 22.5 Å². The molecule has 2 heterocycles. The number of rotatable bonds is 7. The van der Waals surface area contributed by atoms with E-state index in [2.05, 4.69) is 25.4 Å². The number of carboxylic acid groups (broad SMARTS) is 2. The lowest BCUT2D eigenvalue weighted by Gasteiger charge is -2.05. The van der Waals surface area contributed by atoms with E-state index < -0.39 is 23.4 Å². The fraction of sp³-hybridized carbons (Fsp3) is 0.0417. The molecule has 0 aliphatic rings. The summed E-state index contributed by atoms with van der Waals surface area (Å²) in [4.78, 5) is 30.9. The first-order valence-corrected chi connectivity index (χ1v) is 10.5. The first kappa shape index (κ1) is 24.5. The van der Waals surface area contributed by atoms with Gasteiger partial charge in [-0.3, -0.25) is 4.99 Å². The van der Waals surface area contributed by atoms with Crippen LogP contribution in [0.3, 0.4) is 0 Å². The third-order valence-electron chi connectivity index (χ3n) is 5.15. The topological polar surface area (TPSA) is 209 Å². The number of phenols is 2. The minimum absolute atomic E-state index is 0.202. The highest BCUT2D eigenvalue weighted by molar-refractivity contribution is 6.38. The van der Waals surface area contributed by atoms with Crippen molar-refractivity contribution in [2.45, 2.75) is 6.92 Å². The molecule has 0 bridgehead atoms. The molecule has 13 heteroatoms. The zero-order valence-corrected chi connectivity index (χ0v) is 19.1. The molecule has 6 N–H and O–H groups in total. The van der Waals surface area contributed by atoms with Crippen LogP contribution >= 0.6 is 0 Å². The van der Waals surface area contributed by atoms with Crippen LogP contribution in [0.1, 0.15) is 32.0 Å². The number of hydrogen-bond donors (Lipinski definition) is 5. The van der Waals surface area contributed by atoms with Crippen molar-refractivity contribution < 1.29 is 30.0 Å². The molecule has 4 rings (SSSR count). The molecule has 0 amide bonds. The molecule has 13 nitrogen and oxygen atoms in total. The zero-order chi connectivity index (χ0) is 26.7. The number of hydrazone groups is 1. The minimum atomic E-state index is -1.26. The lowest BCUT2D eigenvalue weighted by Crippen LogP contribution is -2.09. The summed E-state index contributed by atoms with van der Waals surface area (Å²) in [6.07, 6.45) is 2.88. The second kappa shape index (κ2) is 9.95. The highest BCUT2D eigenvalue weighted by atomic mass is 16.4. The summed E-state index contributed by atoms with van der Waals surface area (Å²) in [7, 11) is 0. The van der Waals surface area contributed by atoms with E-state index >= 15 is 0 Å². The van der Waals surface area contributed by atoms with Gasteiger partial charge in [-0.15, -0.1) is 5.10 Å². The van der Waals surface area contributed by atoms with Gasteiger partial charge < -0.3 is 26.3 Å². The van der Waals surface area contributed by atoms with Crippen LogP contribution in [0, 0.1) is 6.92 Å². The van der Waals surface area contributed by atoms with Gasteiger partial charge in [-0.2, -0.15) is 5.10 Å². The number of hydrogen-bond acceptors (Lipinski definition) is 10. The van der Waals surface area contributed by atoms with Crippen molar-refractivity contribution in [2.75, 3.05) is 0 Å². The highest BCUT2D eigenvalue weighted by Crippen LogP contribution is 2.25. The van der Waals surface area contributed by atoms with Gasteiger partial charge in [0.2, 0.25) is 0 Å². The SMILES string of the molecule is Cc1cc(C(C=Nc2ccc(C(=O)O)c(O)c2)=NN)nc(-c2cn(-c3ccc(C(=O)O)c(O)c3)nn2)c1. The molecule has 0 saturated carbocycles. The Balaban J connectivity index is 1.62. The van der Waals surface area contributed by atoms with Gasteiger partial charge in [0.1, 0.15) is 34.0 Å². The van der Waals surface area contributed by atoms with Crippen molar-refractivity contribution in [2.24, 2.45) is 15.9 Å². The van der Waals surface area contributed by atoms with Gasteiger partial charge in [0.15, 0.2) is 0 Å². The maximum Gasteiger partial charge on any atom is 0.339 e. The quantitative estimate of drug-likeness (QED) is 0.142. The second-order valence-corrected chi connectivity index (χ2v) is 7.75. The van der Waals surface area contributed by atoms with Crippen molar-refractivity contribution in [1.82, 2.24) is 20.0 Å². The maximum atomic E-state index is 11.1. The van der Waals surface area contributed by atoms with Crippen molar-refractivity contribution in [3.05, 3.63) is 77.1 Å². The monoisotopic (exact) mass is 501 g/mol. The van der Waals surface area contributed by atoms with E-state index in [1.54, 1.807) is 18.3 Å². The predicted molar refractivity (Wildman–Crippen MR) is 132 cm³/mol. The van der Waals surface area contributed by atoms with Crippen LogP contribution < -0.4 is 5.84 Å². The first-order valence-electron chi connectivity index (χ1n) is 10.5. The summed E-state index contributed by atoms with van der Waals surface area (Å²) >= 11 is 0. The maximum absolute atomic E-state index is 11.1. The number of aromatic hydroxyl groups is 2. The zero-order valence-electron chi connectivity index (χ0n) is 19.1. The first-order chi connectivity index (χ1) is 17.7. The van der Waals surface area contributed by atoms with Crippen LogP contribution in [0.25, 0.3) is 17.1 Å². The third-order valence-corrected chi connectivity index (χ3v) is 5.15. The molecule has 0 aliphatic heterocycles. The molecular weight excluding hydrogens is 482 g/mol. The number of aromatic nitrogens is 4. The number of benzene rings is 2. The molecule has 0 aliphatic carbocycles. The molecule has 186 valence electrons. The van der Waals surface area contributed by atoms with Crippen molar-refractivity contribution in [3.8, 4) is 28.6 Å². The average Bonchev–Trinajstić information content (AvgIpc) is 3.34. The fourth-order valence-corrected chi connectivity index (χ4v) is 3.36.